The summed E-state index contributed by atoms with van der Waals surface area (Å²) >= 11 is 0. The van der Waals surface area contributed by atoms with E-state index in [1.165, 1.54) is 128 Å². The van der Waals surface area contributed by atoms with Crippen LogP contribution in [0.25, 0.3) is 0 Å². The first kappa shape index (κ1) is 79.1. The zero-order valence-electron chi connectivity index (χ0n) is 51.9. The van der Waals surface area contributed by atoms with Gasteiger partial charge >= 0.3 is 39.5 Å². The minimum absolute atomic E-state index is 0.105. The first-order valence-corrected chi connectivity index (χ1v) is 35.6. The maximum Gasteiger partial charge on any atom is 0.472 e. The summed E-state index contributed by atoms with van der Waals surface area (Å²) in [5.74, 6) is -1.38. The van der Waals surface area contributed by atoms with Crippen LogP contribution in [0.2, 0.25) is 0 Å². The SMILES string of the molecule is CCCCCCCCCCCCCCC(=O)OC[C@H](COP(=O)(O)OC[C@@H](O)COP(=O)(O)OC[C@@H](COC(=O)CCCCCCC)OC(=O)CCCCCCCCCCCC)OC(=O)CCCCCCCCCCCCCC(C)C. The van der Waals surface area contributed by atoms with E-state index in [1.807, 2.05) is 0 Å². The van der Waals surface area contributed by atoms with Crippen LogP contribution >= 0.6 is 15.6 Å². The Hall–Kier alpha value is -1.94. The van der Waals surface area contributed by atoms with Gasteiger partial charge in [-0.15, -0.1) is 0 Å². The van der Waals surface area contributed by atoms with Crippen molar-refractivity contribution in [2.24, 2.45) is 5.92 Å². The van der Waals surface area contributed by atoms with E-state index in [4.69, 9.17) is 37.0 Å². The number of unbranched alkanes of at least 4 members (excludes halogenated alkanes) is 34. The molecule has 19 heteroatoms. The van der Waals surface area contributed by atoms with Crippen molar-refractivity contribution in [2.45, 2.75) is 329 Å². The van der Waals surface area contributed by atoms with Crippen molar-refractivity contribution in [1.29, 1.82) is 0 Å². The van der Waals surface area contributed by atoms with Gasteiger partial charge in [0.2, 0.25) is 0 Å². The zero-order chi connectivity index (χ0) is 59.9. The summed E-state index contributed by atoms with van der Waals surface area (Å²) in [6.07, 6.45) is 39.2. The first-order valence-electron chi connectivity index (χ1n) is 32.6. The quantitative estimate of drug-likeness (QED) is 0.0222. The summed E-state index contributed by atoms with van der Waals surface area (Å²) in [6, 6.07) is 0. The molecule has 2 unspecified atom stereocenters. The number of esters is 4. The lowest BCUT2D eigenvalue weighted by Crippen LogP contribution is -2.30. The van der Waals surface area contributed by atoms with Crippen molar-refractivity contribution in [3.05, 3.63) is 0 Å². The summed E-state index contributed by atoms with van der Waals surface area (Å²) in [4.78, 5) is 71.9. The van der Waals surface area contributed by atoms with Gasteiger partial charge in [0.1, 0.15) is 19.3 Å². The fourth-order valence-corrected chi connectivity index (χ4v) is 10.8. The molecule has 5 atom stereocenters. The van der Waals surface area contributed by atoms with Gasteiger partial charge in [-0.05, 0) is 31.6 Å². The normalized spacial score (nSPS) is 14.3. The van der Waals surface area contributed by atoms with Crippen molar-refractivity contribution in [3.63, 3.8) is 0 Å². The minimum Gasteiger partial charge on any atom is -0.462 e. The summed E-state index contributed by atoms with van der Waals surface area (Å²) in [6.45, 7) is 7.09. The molecule has 0 aliphatic heterocycles. The Balaban J connectivity index is 5.18. The molecule has 0 saturated heterocycles. The third-order valence-corrected chi connectivity index (χ3v) is 16.2. The lowest BCUT2D eigenvalue weighted by Gasteiger charge is -2.21. The van der Waals surface area contributed by atoms with Gasteiger partial charge in [0.05, 0.1) is 26.4 Å². The second-order valence-electron chi connectivity index (χ2n) is 22.9. The van der Waals surface area contributed by atoms with E-state index in [1.54, 1.807) is 0 Å². The van der Waals surface area contributed by atoms with E-state index in [2.05, 4.69) is 34.6 Å². The molecule has 0 bridgehead atoms. The smallest absolute Gasteiger partial charge is 0.462 e. The Kier molecular flexibility index (Phi) is 54.6. The molecular weight excluding hydrogens is 1080 g/mol. The van der Waals surface area contributed by atoms with Crippen LogP contribution in [0.15, 0.2) is 0 Å². The summed E-state index contributed by atoms with van der Waals surface area (Å²) in [7, 11) is -9.87. The Morgan fingerprint density at radius 3 is 0.840 bits per heavy atom. The van der Waals surface area contributed by atoms with Gasteiger partial charge in [0.25, 0.3) is 0 Å². The van der Waals surface area contributed by atoms with Gasteiger partial charge in [-0.2, -0.15) is 0 Å². The first-order chi connectivity index (χ1) is 39.0. The maximum absolute atomic E-state index is 13.0. The molecule has 0 amide bonds. The molecule has 0 aromatic heterocycles. The van der Waals surface area contributed by atoms with Gasteiger partial charge in [0, 0.05) is 25.7 Å². The van der Waals surface area contributed by atoms with Crippen molar-refractivity contribution in [1.82, 2.24) is 0 Å². The molecule has 81 heavy (non-hydrogen) atoms. The van der Waals surface area contributed by atoms with E-state index in [0.717, 1.165) is 102 Å². The number of hydrogen-bond acceptors (Lipinski definition) is 15. The standard InChI is InChI=1S/C62H120O17P2/c1-6-9-12-15-17-19-21-24-28-31-36-41-46-60(65)73-52-58(79-62(67)48-43-38-33-29-25-22-23-26-30-35-39-44-55(4)5)54-77-81(70,71)75-50-56(63)49-74-80(68,69)76-53-57(51-72-59(64)45-40-34-14-11-8-3)78-61(66)47-42-37-32-27-20-18-16-13-10-7-2/h55-58,63H,6-54H2,1-5H3,(H,68,69)(H,70,71)/t56-,57+,58+/m0/s1. The zero-order valence-corrected chi connectivity index (χ0v) is 53.7. The third-order valence-electron chi connectivity index (χ3n) is 14.3. The Morgan fingerprint density at radius 2 is 0.568 bits per heavy atom. The number of carbonyl (C=O) groups is 4. The molecular formula is C62H120O17P2. The van der Waals surface area contributed by atoms with Crippen LogP contribution < -0.4 is 0 Å². The number of hydrogen-bond donors (Lipinski definition) is 3. The lowest BCUT2D eigenvalue weighted by atomic mass is 10.0. The fourth-order valence-electron chi connectivity index (χ4n) is 9.23. The van der Waals surface area contributed by atoms with E-state index < -0.39 is 97.5 Å². The molecule has 0 aromatic carbocycles. The summed E-state index contributed by atoms with van der Waals surface area (Å²) < 4.78 is 67.7. The average Bonchev–Trinajstić information content (AvgIpc) is 3.43. The number of phosphoric ester groups is 2. The third kappa shape index (κ3) is 56.9. The summed E-state index contributed by atoms with van der Waals surface area (Å²) in [5, 5.41) is 10.5. The van der Waals surface area contributed by atoms with Gasteiger partial charge in [-0.25, -0.2) is 9.13 Å². The van der Waals surface area contributed by atoms with E-state index in [-0.39, 0.29) is 25.7 Å². The van der Waals surface area contributed by atoms with Crippen LogP contribution in [0.1, 0.15) is 311 Å². The number of carbonyl (C=O) groups excluding carboxylic acids is 4. The molecule has 17 nitrogen and oxygen atoms in total. The topological polar surface area (TPSA) is 237 Å². The predicted octanol–water partition coefficient (Wildman–Crippen LogP) is 17.0. The molecule has 3 N–H and O–H groups in total. The largest absolute Gasteiger partial charge is 0.472 e. The fraction of sp³-hybridized carbons (Fsp3) is 0.935. The molecule has 0 aromatic rings. The molecule has 0 saturated carbocycles. The number of phosphoric acid groups is 2. The minimum atomic E-state index is -4.94. The number of aliphatic hydroxyl groups is 1. The van der Waals surface area contributed by atoms with Gasteiger partial charge in [-0.1, -0.05) is 259 Å². The average molecular weight is 1200 g/mol. The van der Waals surface area contributed by atoms with Crippen molar-refractivity contribution in [2.75, 3.05) is 39.6 Å². The highest BCUT2D eigenvalue weighted by molar-refractivity contribution is 7.47. The number of rotatable bonds is 62. The van der Waals surface area contributed by atoms with Crippen LogP contribution in [0.4, 0.5) is 0 Å². The van der Waals surface area contributed by atoms with Gasteiger partial charge in [0.15, 0.2) is 12.2 Å². The van der Waals surface area contributed by atoms with Crippen molar-refractivity contribution >= 4 is 39.5 Å². The van der Waals surface area contributed by atoms with E-state index >= 15 is 0 Å². The van der Waals surface area contributed by atoms with Crippen molar-refractivity contribution in [3.8, 4) is 0 Å². The highest BCUT2D eigenvalue weighted by Crippen LogP contribution is 2.45. The number of ether oxygens (including phenoxy) is 4. The molecule has 0 aliphatic carbocycles. The van der Waals surface area contributed by atoms with Gasteiger partial charge in [-0.3, -0.25) is 37.3 Å². The van der Waals surface area contributed by atoms with E-state index in [0.29, 0.717) is 25.7 Å². The maximum atomic E-state index is 13.0. The predicted molar refractivity (Wildman–Crippen MR) is 322 cm³/mol. The molecule has 0 fully saturated rings. The lowest BCUT2D eigenvalue weighted by molar-refractivity contribution is -0.161. The molecule has 0 rings (SSSR count). The molecule has 0 radical (unpaired) electrons. The second-order valence-corrected chi connectivity index (χ2v) is 25.8. The van der Waals surface area contributed by atoms with Crippen LogP contribution in [-0.4, -0.2) is 96.7 Å². The van der Waals surface area contributed by atoms with E-state index in [9.17, 15) is 43.2 Å². The van der Waals surface area contributed by atoms with Crippen molar-refractivity contribution < 1.29 is 80.2 Å². The number of aliphatic hydroxyl groups excluding tert-OH is 1. The van der Waals surface area contributed by atoms with Gasteiger partial charge < -0.3 is 33.8 Å². The Labute approximate surface area is 492 Å². The Bertz CT molecular complexity index is 1580. The second kappa shape index (κ2) is 55.9. The molecule has 0 spiro atoms. The monoisotopic (exact) mass is 1200 g/mol. The van der Waals surface area contributed by atoms with Crippen LogP contribution in [0.5, 0.6) is 0 Å². The molecule has 0 heterocycles. The molecule has 0 aliphatic rings. The van der Waals surface area contributed by atoms with Crippen LogP contribution in [0.3, 0.4) is 0 Å². The summed E-state index contributed by atoms with van der Waals surface area (Å²) in [5.41, 5.74) is 0. The molecule has 480 valence electrons. The van der Waals surface area contributed by atoms with Crippen LogP contribution in [-0.2, 0) is 65.4 Å². The highest BCUT2D eigenvalue weighted by Gasteiger charge is 2.30. The highest BCUT2D eigenvalue weighted by atomic mass is 31.2. The Morgan fingerprint density at radius 1 is 0.333 bits per heavy atom. The van der Waals surface area contributed by atoms with Crippen LogP contribution in [0, 0.1) is 5.92 Å².